The Balaban J connectivity index is 1.78. The van der Waals surface area contributed by atoms with Crippen LogP contribution in [0.1, 0.15) is 48.9 Å². The van der Waals surface area contributed by atoms with Crippen LogP contribution < -0.4 is 14.4 Å². The molecule has 1 unspecified atom stereocenters. The molecule has 0 aromatic heterocycles. The first kappa shape index (κ1) is 26.3. The molecule has 1 heterocycles. The van der Waals surface area contributed by atoms with Crippen LogP contribution in [0.15, 0.2) is 72.3 Å². The molecule has 37 heavy (non-hydrogen) atoms. The molecule has 1 saturated heterocycles. The summed E-state index contributed by atoms with van der Waals surface area (Å²) in [7, 11) is 1.50. The van der Waals surface area contributed by atoms with E-state index in [4.69, 9.17) is 21.1 Å². The topological polar surface area (TPSA) is 76.1 Å². The van der Waals surface area contributed by atoms with Gasteiger partial charge in [0.1, 0.15) is 17.3 Å². The summed E-state index contributed by atoms with van der Waals surface area (Å²) in [4.78, 5) is 28.1. The Bertz CT molecular complexity index is 1330. The van der Waals surface area contributed by atoms with Crippen LogP contribution in [0, 0.1) is 6.92 Å². The van der Waals surface area contributed by atoms with Crippen molar-refractivity contribution in [2.45, 2.75) is 39.2 Å². The summed E-state index contributed by atoms with van der Waals surface area (Å²) in [6.07, 6.45) is 3.17. The number of methoxy groups -OCH3 is 1. The van der Waals surface area contributed by atoms with Gasteiger partial charge in [-0.15, -0.1) is 0 Å². The predicted molar refractivity (Wildman–Crippen MR) is 145 cm³/mol. The lowest BCUT2D eigenvalue weighted by Crippen LogP contribution is -2.29. The SMILES string of the molecule is CCCCCOc1ccc(/C(O)=C2\C(=O)C(=O)N(c3ccc(OC)c(Cl)c3)C2c2ccccc2C)cc1. The maximum Gasteiger partial charge on any atom is 0.300 e. The number of aliphatic hydroxyl groups excluding tert-OH is 1. The number of hydrogen-bond acceptors (Lipinski definition) is 5. The highest BCUT2D eigenvalue weighted by molar-refractivity contribution is 6.52. The highest BCUT2D eigenvalue weighted by Gasteiger charge is 2.47. The van der Waals surface area contributed by atoms with E-state index in [1.165, 1.54) is 12.0 Å². The van der Waals surface area contributed by atoms with Gasteiger partial charge in [0.15, 0.2) is 0 Å². The largest absolute Gasteiger partial charge is 0.507 e. The molecular weight excluding hydrogens is 490 g/mol. The second-order valence-corrected chi connectivity index (χ2v) is 9.33. The first-order valence-corrected chi connectivity index (χ1v) is 12.7. The van der Waals surface area contributed by atoms with Crippen LogP contribution in [0.25, 0.3) is 5.76 Å². The van der Waals surface area contributed by atoms with Crippen molar-refractivity contribution in [3.63, 3.8) is 0 Å². The van der Waals surface area contributed by atoms with Gasteiger partial charge in [-0.2, -0.15) is 0 Å². The second-order valence-electron chi connectivity index (χ2n) is 8.92. The van der Waals surface area contributed by atoms with E-state index in [1.807, 2.05) is 31.2 Å². The van der Waals surface area contributed by atoms with E-state index < -0.39 is 17.7 Å². The van der Waals surface area contributed by atoms with E-state index in [9.17, 15) is 14.7 Å². The number of carbonyl (C=O) groups excluding carboxylic acids is 2. The molecule has 0 aliphatic carbocycles. The summed E-state index contributed by atoms with van der Waals surface area (Å²) in [5.74, 6) is -0.626. The molecule has 7 heteroatoms. The van der Waals surface area contributed by atoms with Gasteiger partial charge in [0.25, 0.3) is 11.7 Å². The summed E-state index contributed by atoms with van der Waals surface area (Å²) in [5.41, 5.74) is 2.47. The van der Waals surface area contributed by atoms with Crippen LogP contribution >= 0.6 is 11.6 Å². The van der Waals surface area contributed by atoms with Gasteiger partial charge in [-0.1, -0.05) is 55.6 Å². The summed E-state index contributed by atoms with van der Waals surface area (Å²) < 4.78 is 11.0. The zero-order valence-corrected chi connectivity index (χ0v) is 21.9. The molecule has 1 N–H and O–H groups in total. The number of aliphatic hydroxyl groups is 1. The van der Waals surface area contributed by atoms with E-state index in [-0.39, 0.29) is 11.3 Å². The molecule has 0 saturated carbocycles. The number of hydrogen-bond donors (Lipinski definition) is 1. The number of benzene rings is 3. The highest BCUT2D eigenvalue weighted by Crippen LogP contribution is 2.44. The Hall–Kier alpha value is -3.77. The van der Waals surface area contributed by atoms with Crippen molar-refractivity contribution < 1.29 is 24.2 Å². The van der Waals surface area contributed by atoms with Crippen molar-refractivity contribution in [3.05, 3.63) is 94.0 Å². The number of anilines is 1. The number of aryl methyl sites for hydroxylation is 1. The normalized spacial score (nSPS) is 16.8. The third-order valence-electron chi connectivity index (χ3n) is 6.49. The molecule has 4 rings (SSSR count). The van der Waals surface area contributed by atoms with Gasteiger partial charge >= 0.3 is 0 Å². The summed E-state index contributed by atoms with van der Waals surface area (Å²) in [6, 6.07) is 18.4. The number of halogens is 1. The van der Waals surface area contributed by atoms with Crippen molar-refractivity contribution in [3.8, 4) is 11.5 Å². The molecule has 0 spiro atoms. The number of unbranched alkanes of at least 4 members (excludes halogenated alkanes) is 2. The number of rotatable bonds is 9. The monoisotopic (exact) mass is 519 g/mol. The van der Waals surface area contributed by atoms with Gasteiger partial charge in [-0.25, -0.2) is 0 Å². The molecule has 1 aliphatic heterocycles. The maximum atomic E-state index is 13.4. The van der Waals surface area contributed by atoms with Gasteiger partial charge < -0.3 is 14.6 Å². The van der Waals surface area contributed by atoms with Crippen molar-refractivity contribution in [2.24, 2.45) is 0 Å². The smallest absolute Gasteiger partial charge is 0.300 e. The molecule has 6 nitrogen and oxygen atoms in total. The zero-order chi connectivity index (χ0) is 26.5. The molecule has 192 valence electrons. The number of ketones is 1. The quantitative estimate of drug-likeness (QED) is 0.145. The first-order chi connectivity index (χ1) is 17.9. The maximum absolute atomic E-state index is 13.4. The molecular formula is C30H30ClNO5. The van der Waals surface area contributed by atoms with Gasteiger partial charge in [-0.3, -0.25) is 14.5 Å². The van der Waals surface area contributed by atoms with Crippen molar-refractivity contribution in [2.75, 3.05) is 18.6 Å². The number of nitrogens with zero attached hydrogens (tertiary/aromatic N) is 1. The van der Waals surface area contributed by atoms with Crippen LogP contribution in [0.4, 0.5) is 5.69 Å². The predicted octanol–water partition coefficient (Wildman–Crippen LogP) is 6.85. The standard InChI is InChI=1S/C30H30ClNO5/c1-4-5-8-17-37-22-14-11-20(12-15-22)28(33)26-27(23-10-7-6-9-19(23)2)32(30(35)29(26)34)21-13-16-25(36-3)24(31)18-21/h6-7,9-16,18,27,33H,4-5,8,17H2,1-3H3/b28-26+. The third-order valence-corrected chi connectivity index (χ3v) is 6.78. The number of carbonyl (C=O) groups is 2. The van der Waals surface area contributed by atoms with Crippen LogP contribution in [0.5, 0.6) is 11.5 Å². The lowest BCUT2D eigenvalue weighted by molar-refractivity contribution is -0.132. The van der Waals surface area contributed by atoms with E-state index in [1.54, 1.807) is 42.5 Å². The minimum Gasteiger partial charge on any atom is -0.507 e. The van der Waals surface area contributed by atoms with E-state index in [2.05, 4.69) is 6.92 Å². The van der Waals surface area contributed by atoms with Crippen molar-refractivity contribution >= 4 is 34.7 Å². The average Bonchev–Trinajstić information content (AvgIpc) is 3.16. The molecule has 1 amide bonds. The molecule has 1 atom stereocenters. The fraction of sp³-hybridized carbons (Fsp3) is 0.267. The Morgan fingerprint density at radius 2 is 1.76 bits per heavy atom. The van der Waals surface area contributed by atoms with Crippen LogP contribution in [-0.2, 0) is 9.59 Å². The van der Waals surface area contributed by atoms with Crippen LogP contribution in [-0.4, -0.2) is 30.5 Å². The van der Waals surface area contributed by atoms with Crippen LogP contribution in [0.2, 0.25) is 5.02 Å². The zero-order valence-electron chi connectivity index (χ0n) is 21.2. The minimum atomic E-state index is -0.837. The third kappa shape index (κ3) is 5.35. The molecule has 1 fully saturated rings. The van der Waals surface area contributed by atoms with Gasteiger partial charge in [0.05, 0.1) is 30.4 Å². The Morgan fingerprint density at radius 1 is 1.03 bits per heavy atom. The highest BCUT2D eigenvalue weighted by atomic mass is 35.5. The lowest BCUT2D eigenvalue weighted by Gasteiger charge is -2.27. The summed E-state index contributed by atoms with van der Waals surface area (Å²) in [6.45, 7) is 4.65. The number of ether oxygens (including phenoxy) is 2. The number of amides is 1. The Morgan fingerprint density at radius 3 is 2.41 bits per heavy atom. The first-order valence-electron chi connectivity index (χ1n) is 12.3. The second kappa shape index (κ2) is 11.5. The van der Waals surface area contributed by atoms with Gasteiger partial charge in [0.2, 0.25) is 0 Å². The van der Waals surface area contributed by atoms with E-state index in [0.717, 1.165) is 30.4 Å². The Labute approximate surface area is 222 Å². The number of Topliss-reactive ketones (excluding diaryl/α,β-unsaturated/α-hetero) is 1. The Kier molecular flexibility index (Phi) is 8.19. The minimum absolute atomic E-state index is 0.0165. The molecule has 0 bridgehead atoms. The average molecular weight is 520 g/mol. The van der Waals surface area contributed by atoms with Crippen molar-refractivity contribution in [1.82, 2.24) is 0 Å². The van der Waals surface area contributed by atoms with Gasteiger partial charge in [-0.05, 0) is 66.9 Å². The fourth-order valence-electron chi connectivity index (χ4n) is 4.50. The molecule has 3 aromatic carbocycles. The van der Waals surface area contributed by atoms with Crippen molar-refractivity contribution in [1.29, 1.82) is 0 Å². The summed E-state index contributed by atoms with van der Waals surface area (Å²) >= 11 is 6.36. The molecule has 1 aliphatic rings. The summed E-state index contributed by atoms with van der Waals surface area (Å²) in [5, 5.41) is 11.7. The van der Waals surface area contributed by atoms with Gasteiger partial charge in [0, 0.05) is 11.3 Å². The molecule has 3 aromatic rings. The van der Waals surface area contributed by atoms with E-state index >= 15 is 0 Å². The molecule has 0 radical (unpaired) electrons. The fourth-order valence-corrected chi connectivity index (χ4v) is 4.75. The van der Waals surface area contributed by atoms with Crippen LogP contribution in [0.3, 0.4) is 0 Å². The lowest BCUT2D eigenvalue weighted by atomic mass is 9.92. The van der Waals surface area contributed by atoms with E-state index in [0.29, 0.717) is 34.4 Å².